The van der Waals surface area contributed by atoms with Crippen LogP contribution in [0.2, 0.25) is 0 Å². The highest BCUT2D eigenvalue weighted by Crippen LogP contribution is 2.22. The van der Waals surface area contributed by atoms with Crippen molar-refractivity contribution in [2.45, 2.75) is 20.5 Å². The van der Waals surface area contributed by atoms with Gasteiger partial charge >= 0.3 is 0 Å². The average molecular weight is 305 g/mol. The zero-order valence-electron chi connectivity index (χ0n) is 12.9. The molecule has 23 heavy (non-hydrogen) atoms. The number of rotatable bonds is 4. The Labute approximate surface area is 134 Å². The molecule has 0 fully saturated rings. The van der Waals surface area contributed by atoms with Gasteiger partial charge in [-0.3, -0.25) is 4.98 Å². The molecule has 0 atom stereocenters. The monoisotopic (exact) mass is 305 g/mol. The van der Waals surface area contributed by atoms with Crippen molar-refractivity contribution < 1.29 is 4.74 Å². The molecule has 3 rings (SSSR count). The first-order valence-electron chi connectivity index (χ1n) is 7.14. The predicted octanol–water partition coefficient (Wildman–Crippen LogP) is 2.73. The second-order valence-corrected chi connectivity index (χ2v) is 5.06. The van der Waals surface area contributed by atoms with Crippen molar-refractivity contribution in [2.24, 2.45) is 0 Å². The van der Waals surface area contributed by atoms with Crippen LogP contribution < -0.4 is 4.74 Å². The van der Waals surface area contributed by atoms with Gasteiger partial charge in [-0.05, 0) is 26.0 Å². The van der Waals surface area contributed by atoms with E-state index in [0.717, 1.165) is 11.4 Å². The molecule has 0 unspecified atom stereocenters. The Hall–Kier alpha value is -3.20. The summed E-state index contributed by atoms with van der Waals surface area (Å²) in [5, 5.41) is 13.6. The van der Waals surface area contributed by atoms with Gasteiger partial charge in [-0.2, -0.15) is 5.26 Å². The molecule has 3 aromatic rings. The molecule has 0 aliphatic carbocycles. The van der Waals surface area contributed by atoms with Crippen LogP contribution in [0.5, 0.6) is 5.75 Å². The Morgan fingerprint density at radius 3 is 2.74 bits per heavy atom. The molecule has 0 spiro atoms. The molecule has 0 aliphatic rings. The number of para-hydroxylation sites is 1. The van der Waals surface area contributed by atoms with Gasteiger partial charge in [-0.15, -0.1) is 5.10 Å². The van der Waals surface area contributed by atoms with Crippen LogP contribution in [0.4, 0.5) is 0 Å². The molecular formula is C17H15N5O. The quantitative estimate of drug-likeness (QED) is 0.740. The maximum absolute atomic E-state index is 9.23. The number of benzene rings is 1. The lowest BCUT2D eigenvalue weighted by molar-refractivity contribution is 0.294. The third-order valence-corrected chi connectivity index (χ3v) is 3.32. The SMILES string of the molecule is Cc1cc(OCc2ncn(-c3ccccc3)n2)c(C#N)c(C)n1. The van der Waals surface area contributed by atoms with Crippen LogP contribution in [0.1, 0.15) is 22.8 Å². The zero-order chi connectivity index (χ0) is 16.2. The highest BCUT2D eigenvalue weighted by atomic mass is 16.5. The van der Waals surface area contributed by atoms with Gasteiger partial charge in [0.25, 0.3) is 0 Å². The molecule has 1 aromatic carbocycles. The topological polar surface area (TPSA) is 76.6 Å². The Morgan fingerprint density at radius 1 is 1.22 bits per heavy atom. The van der Waals surface area contributed by atoms with E-state index in [0.29, 0.717) is 22.8 Å². The maximum Gasteiger partial charge on any atom is 0.188 e. The van der Waals surface area contributed by atoms with E-state index in [4.69, 9.17) is 4.74 Å². The molecule has 2 heterocycles. The van der Waals surface area contributed by atoms with E-state index >= 15 is 0 Å². The molecule has 0 amide bonds. The van der Waals surface area contributed by atoms with E-state index in [2.05, 4.69) is 21.1 Å². The van der Waals surface area contributed by atoms with E-state index in [-0.39, 0.29) is 6.61 Å². The highest BCUT2D eigenvalue weighted by molar-refractivity contribution is 5.46. The second kappa shape index (κ2) is 6.28. The smallest absolute Gasteiger partial charge is 0.188 e. The first-order chi connectivity index (χ1) is 11.2. The first-order valence-corrected chi connectivity index (χ1v) is 7.14. The van der Waals surface area contributed by atoms with Gasteiger partial charge in [0.15, 0.2) is 5.82 Å². The van der Waals surface area contributed by atoms with Gasteiger partial charge in [0.1, 0.15) is 30.3 Å². The first kappa shape index (κ1) is 14.7. The Kier molecular flexibility index (Phi) is 4.02. The lowest BCUT2D eigenvalue weighted by Crippen LogP contribution is -2.03. The molecular weight excluding hydrogens is 290 g/mol. The van der Waals surface area contributed by atoms with E-state index in [1.165, 1.54) is 0 Å². The minimum Gasteiger partial charge on any atom is -0.484 e. The Morgan fingerprint density at radius 2 is 2.00 bits per heavy atom. The molecule has 0 saturated carbocycles. The maximum atomic E-state index is 9.23. The van der Waals surface area contributed by atoms with Gasteiger partial charge in [0.05, 0.1) is 11.4 Å². The number of nitrogens with zero attached hydrogens (tertiary/aromatic N) is 5. The largest absolute Gasteiger partial charge is 0.484 e. The molecule has 0 N–H and O–H groups in total. The van der Waals surface area contributed by atoms with Crippen molar-refractivity contribution in [3.63, 3.8) is 0 Å². The van der Waals surface area contributed by atoms with Crippen molar-refractivity contribution in [2.75, 3.05) is 0 Å². The summed E-state index contributed by atoms with van der Waals surface area (Å²) in [7, 11) is 0. The molecule has 0 aliphatic heterocycles. The van der Waals surface area contributed by atoms with E-state index in [1.54, 1.807) is 24.0 Å². The van der Waals surface area contributed by atoms with Crippen molar-refractivity contribution in [3.8, 4) is 17.5 Å². The fraction of sp³-hybridized carbons (Fsp3) is 0.176. The van der Waals surface area contributed by atoms with Crippen LogP contribution in [-0.4, -0.2) is 19.7 Å². The standard InChI is InChI=1S/C17H15N5O/c1-12-8-16(15(9-18)13(2)20-12)23-10-17-19-11-22(21-17)14-6-4-3-5-7-14/h3-8,11H,10H2,1-2H3. The van der Waals surface area contributed by atoms with Crippen LogP contribution in [-0.2, 0) is 6.61 Å². The molecule has 0 saturated heterocycles. The summed E-state index contributed by atoms with van der Waals surface area (Å²) in [6, 6.07) is 13.6. The van der Waals surface area contributed by atoms with E-state index < -0.39 is 0 Å². The number of ether oxygens (including phenoxy) is 1. The summed E-state index contributed by atoms with van der Waals surface area (Å²) in [5.41, 5.74) is 2.84. The van der Waals surface area contributed by atoms with Gasteiger partial charge in [0.2, 0.25) is 0 Å². The summed E-state index contributed by atoms with van der Waals surface area (Å²) in [6.45, 7) is 3.85. The van der Waals surface area contributed by atoms with Gasteiger partial charge in [-0.1, -0.05) is 18.2 Å². The van der Waals surface area contributed by atoms with Gasteiger partial charge in [0, 0.05) is 11.8 Å². The van der Waals surface area contributed by atoms with E-state index in [1.807, 2.05) is 37.3 Å². The molecule has 6 nitrogen and oxygen atoms in total. The number of aromatic nitrogens is 4. The fourth-order valence-corrected chi connectivity index (χ4v) is 2.25. The van der Waals surface area contributed by atoms with Crippen molar-refractivity contribution in [3.05, 3.63) is 65.5 Å². The van der Waals surface area contributed by atoms with Crippen LogP contribution in [0, 0.1) is 25.2 Å². The summed E-state index contributed by atoms with van der Waals surface area (Å²) in [4.78, 5) is 8.50. The molecule has 0 bridgehead atoms. The lowest BCUT2D eigenvalue weighted by atomic mass is 10.2. The molecule has 6 heteroatoms. The minimum absolute atomic E-state index is 0.192. The predicted molar refractivity (Wildman–Crippen MR) is 84.1 cm³/mol. The fourth-order valence-electron chi connectivity index (χ4n) is 2.25. The second-order valence-electron chi connectivity index (χ2n) is 5.06. The average Bonchev–Trinajstić information content (AvgIpc) is 3.02. The highest BCUT2D eigenvalue weighted by Gasteiger charge is 2.11. The molecule has 0 radical (unpaired) electrons. The third-order valence-electron chi connectivity index (χ3n) is 3.32. The number of pyridine rings is 1. The van der Waals surface area contributed by atoms with Crippen LogP contribution in [0.3, 0.4) is 0 Å². The molecule has 114 valence electrons. The third kappa shape index (κ3) is 3.19. The summed E-state index contributed by atoms with van der Waals surface area (Å²) >= 11 is 0. The summed E-state index contributed by atoms with van der Waals surface area (Å²) < 4.78 is 7.41. The number of hydrogen-bond acceptors (Lipinski definition) is 5. The minimum atomic E-state index is 0.192. The number of aryl methyl sites for hydroxylation is 2. The Balaban J connectivity index is 1.78. The van der Waals surface area contributed by atoms with Gasteiger partial charge in [-0.25, -0.2) is 9.67 Å². The summed E-state index contributed by atoms with van der Waals surface area (Å²) in [5.74, 6) is 1.05. The lowest BCUT2D eigenvalue weighted by Gasteiger charge is -2.08. The number of hydrogen-bond donors (Lipinski definition) is 0. The van der Waals surface area contributed by atoms with Gasteiger partial charge < -0.3 is 4.74 Å². The van der Waals surface area contributed by atoms with Crippen LogP contribution in [0.15, 0.2) is 42.7 Å². The van der Waals surface area contributed by atoms with Crippen molar-refractivity contribution in [1.82, 2.24) is 19.7 Å². The van der Waals surface area contributed by atoms with Crippen molar-refractivity contribution in [1.29, 1.82) is 5.26 Å². The van der Waals surface area contributed by atoms with Crippen LogP contribution >= 0.6 is 0 Å². The zero-order valence-corrected chi connectivity index (χ0v) is 12.9. The summed E-state index contributed by atoms with van der Waals surface area (Å²) in [6.07, 6.45) is 1.64. The van der Waals surface area contributed by atoms with Crippen LogP contribution in [0.25, 0.3) is 5.69 Å². The normalized spacial score (nSPS) is 10.3. The van der Waals surface area contributed by atoms with E-state index in [9.17, 15) is 5.26 Å². The van der Waals surface area contributed by atoms with Crippen molar-refractivity contribution >= 4 is 0 Å². The Bertz CT molecular complexity index is 864. The number of nitriles is 1. The molecule has 2 aromatic heterocycles.